The van der Waals surface area contributed by atoms with Gasteiger partial charge in [0.05, 0.1) is 29.2 Å². The van der Waals surface area contributed by atoms with Gasteiger partial charge in [0, 0.05) is 25.2 Å². The van der Waals surface area contributed by atoms with Crippen LogP contribution in [0.3, 0.4) is 0 Å². The molecule has 1 aliphatic rings. The molecule has 2 aromatic heterocycles. The topological polar surface area (TPSA) is 108 Å². The summed E-state index contributed by atoms with van der Waals surface area (Å²) in [6, 6.07) is 0.871. The van der Waals surface area contributed by atoms with E-state index in [0.717, 1.165) is 6.08 Å². The highest BCUT2D eigenvalue weighted by atomic mass is 32.2. The average molecular weight is 478 g/mol. The van der Waals surface area contributed by atoms with Gasteiger partial charge in [0.1, 0.15) is 18.0 Å². The summed E-state index contributed by atoms with van der Waals surface area (Å²) < 4.78 is 64.1. The quantitative estimate of drug-likeness (QED) is 0.446. The predicted octanol–water partition coefficient (Wildman–Crippen LogP) is 3.86. The standard InChI is InChI=1S/C17H18F5N7.C2H6S/c18-16(19)11(24)1-2-14-25-5-13(28-14)12-4-15(27-8-26-12)29-6-9(17(20,21)22)3-10(23)7-29;1-3-2/h1-2,4-5,8-10,16,24H,3,6-7,23H2,(H,25,28);1-2H3/b2-1-,24-11?;. The van der Waals surface area contributed by atoms with Crippen molar-refractivity contribution in [1.29, 1.82) is 5.41 Å². The smallest absolute Gasteiger partial charge is 0.354 e. The molecule has 0 aliphatic carbocycles. The highest BCUT2D eigenvalue weighted by Crippen LogP contribution is 2.34. The Kier molecular flexibility index (Phi) is 9.13. The van der Waals surface area contributed by atoms with Crippen LogP contribution in [-0.4, -0.2) is 69.9 Å². The highest BCUT2D eigenvalue weighted by molar-refractivity contribution is 7.97. The van der Waals surface area contributed by atoms with Crippen LogP contribution in [0.1, 0.15) is 12.2 Å². The summed E-state index contributed by atoms with van der Waals surface area (Å²) in [5, 5.41) is 7.09. The van der Waals surface area contributed by atoms with E-state index in [4.69, 9.17) is 11.1 Å². The largest absolute Gasteiger partial charge is 0.393 e. The fraction of sp³-hybridized carbons (Fsp3) is 0.474. The van der Waals surface area contributed by atoms with E-state index in [0.29, 0.717) is 17.2 Å². The first-order valence-corrected chi connectivity index (χ1v) is 11.1. The molecule has 2 unspecified atom stereocenters. The van der Waals surface area contributed by atoms with Crippen molar-refractivity contribution in [2.24, 2.45) is 11.7 Å². The summed E-state index contributed by atoms with van der Waals surface area (Å²) in [6.45, 7) is -0.0178. The average Bonchev–Trinajstić information content (AvgIpc) is 3.20. The maximum absolute atomic E-state index is 13.1. The zero-order valence-corrected chi connectivity index (χ0v) is 18.2. The Bertz CT molecular complexity index is 915. The third-order valence-electron chi connectivity index (χ3n) is 4.45. The van der Waals surface area contributed by atoms with Gasteiger partial charge < -0.3 is 15.6 Å². The van der Waals surface area contributed by atoms with Crippen LogP contribution in [0, 0.1) is 11.3 Å². The van der Waals surface area contributed by atoms with Gasteiger partial charge in [-0.2, -0.15) is 24.9 Å². The molecule has 2 atom stereocenters. The number of hydrogen-bond donors (Lipinski definition) is 3. The van der Waals surface area contributed by atoms with Crippen LogP contribution >= 0.6 is 11.8 Å². The van der Waals surface area contributed by atoms with Crippen molar-refractivity contribution in [2.45, 2.75) is 25.1 Å². The molecule has 1 saturated heterocycles. The van der Waals surface area contributed by atoms with Gasteiger partial charge in [-0.1, -0.05) is 0 Å². The number of nitrogens with zero attached hydrogens (tertiary/aromatic N) is 4. The second-order valence-electron chi connectivity index (χ2n) is 7.08. The SMILES string of the molecule is CSC.N=C(/C=C\c1ncc(-c2cc(N3CC(N)CC(C(F)(F)F)C3)ncn2)[nH]1)C(F)F. The molecule has 0 saturated carbocycles. The maximum atomic E-state index is 13.1. The van der Waals surface area contributed by atoms with Crippen LogP contribution in [0.15, 0.2) is 24.7 Å². The Hall–Kier alpha value is -2.54. The van der Waals surface area contributed by atoms with Crippen LogP contribution < -0.4 is 10.6 Å². The number of alkyl halides is 5. The van der Waals surface area contributed by atoms with Gasteiger partial charge in [-0.15, -0.1) is 0 Å². The molecule has 0 radical (unpaired) electrons. The van der Waals surface area contributed by atoms with Crippen LogP contribution in [0.5, 0.6) is 0 Å². The van der Waals surface area contributed by atoms with E-state index in [1.807, 2.05) is 12.5 Å². The number of allylic oxidation sites excluding steroid dienone is 1. The molecule has 0 spiro atoms. The van der Waals surface area contributed by atoms with Gasteiger partial charge in [0.2, 0.25) is 0 Å². The Morgan fingerprint density at radius 2 is 1.97 bits per heavy atom. The molecule has 1 aliphatic heterocycles. The Morgan fingerprint density at radius 3 is 2.59 bits per heavy atom. The van der Waals surface area contributed by atoms with Crippen molar-refractivity contribution in [1.82, 2.24) is 19.9 Å². The number of hydrogen-bond acceptors (Lipinski definition) is 7. The van der Waals surface area contributed by atoms with Gasteiger partial charge in [0.15, 0.2) is 0 Å². The molecule has 13 heteroatoms. The van der Waals surface area contributed by atoms with E-state index < -0.39 is 30.3 Å². The predicted molar refractivity (Wildman–Crippen MR) is 116 cm³/mol. The molecule has 3 heterocycles. The van der Waals surface area contributed by atoms with Crippen molar-refractivity contribution in [3.63, 3.8) is 0 Å². The number of aromatic amines is 1. The van der Waals surface area contributed by atoms with E-state index in [1.165, 1.54) is 29.6 Å². The number of aromatic nitrogens is 4. The Balaban J connectivity index is 0.00000114. The second-order valence-corrected chi connectivity index (χ2v) is 7.90. The maximum Gasteiger partial charge on any atom is 0.393 e. The molecular weight excluding hydrogens is 453 g/mol. The molecule has 0 amide bonds. The number of rotatable bonds is 5. The molecule has 2 aromatic rings. The molecule has 3 rings (SSSR count). The van der Waals surface area contributed by atoms with Crippen LogP contribution in [-0.2, 0) is 0 Å². The Labute approximate surface area is 186 Å². The minimum absolute atomic E-state index is 0.137. The Morgan fingerprint density at radius 1 is 1.28 bits per heavy atom. The number of nitrogens with two attached hydrogens (primary N) is 1. The van der Waals surface area contributed by atoms with Crippen molar-refractivity contribution in [3.05, 3.63) is 30.5 Å². The molecule has 176 valence electrons. The summed E-state index contributed by atoms with van der Waals surface area (Å²) in [6.07, 6.45) is 1.48. The van der Waals surface area contributed by atoms with Crippen molar-refractivity contribution < 1.29 is 22.0 Å². The van der Waals surface area contributed by atoms with Crippen molar-refractivity contribution >= 4 is 29.4 Å². The molecule has 1 fully saturated rings. The molecule has 4 N–H and O–H groups in total. The molecular formula is C19H24F5N7S. The fourth-order valence-corrected chi connectivity index (χ4v) is 3.02. The van der Waals surface area contributed by atoms with Gasteiger partial charge in [-0.3, -0.25) is 5.41 Å². The number of thioether (sulfide) groups is 1. The van der Waals surface area contributed by atoms with Gasteiger partial charge in [0.25, 0.3) is 6.43 Å². The van der Waals surface area contributed by atoms with E-state index in [1.54, 1.807) is 11.8 Å². The summed E-state index contributed by atoms with van der Waals surface area (Å²) in [5.41, 5.74) is 5.74. The lowest BCUT2D eigenvalue weighted by molar-refractivity contribution is -0.177. The first-order chi connectivity index (χ1) is 15.0. The number of piperidine rings is 1. The van der Waals surface area contributed by atoms with E-state index in [9.17, 15) is 22.0 Å². The summed E-state index contributed by atoms with van der Waals surface area (Å²) in [7, 11) is 0. The molecule has 0 bridgehead atoms. The number of halogens is 5. The van der Waals surface area contributed by atoms with E-state index in [2.05, 4.69) is 19.9 Å². The molecule has 7 nitrogen and oxygen atoms in total. The van der Waals surface area contributed by atoms with E-state index in [-0.39, 0.29) is 25.3 Å². The summed E-state index contributed by atoms with van der Waals surface area (Å²) in [4.78, 5) is 16.4. The third kappa shape index (κ3) is 7.26. The first-order valence-electron chi connectivity index (χ1n) is 9.44. The number of nitrogens with one attached hydrogen (secondary N) is 2. The number of imidazole rings is 1. The van der Waals surface area contributed by atoms with Crippen LogP contribution in [0.4, 0.5) is 27.8 Å². The lowest BCUT2D eigenvalue weighted by Crippen LogP contribution is -2.51. The summed E-state index contributed by atoms with van der Waals surface area (Å²) in [5.74, 6) is -1.02. The van der Waals surface area contributed by atoms with Crippen molar-refractivity contribution in [3.8, 4) is 11.4 Å². The highest BCUT2D eigenvalue weighted by Gasteiger charge is 2.44. The van der Waals surface area contributed by atoms with Crippen LogP contribution in [0.25, 0.3) is 17.5 Å². The van der Waals surface area contributed by atoms with Gasteiger partial charge in [-0.25, -0.2) is 23.7 Å². The van der Waals surface area contributed by atoms with Gasteiger partial charge >= 0.3 is 6.18 Å². The van der Waals surface area contributed by atoms with Crippen LogP contribution in [0.2, 0.25) is 0 Å². The zero-order valence-electron chi connectivity index (χ0n) is 17.4. The second kappa shape index (κ2) is 11.4. The summed E-state index contributed by atoms with van der Waals surface area (Å²) >= 11 is 1.75. The van der Waals surface area contributed by atoms with Gasteiger partial charge in [-0.05, 0) is 31.1 Å². The number of anilines is 1. The third-order valence-corrected chi connectivity index (χ3v) is 4.45. The minimum Gasteiger partial charge on any atom is -0.354 e. The van der Waals surface area contributed by atoms with E-state index >= 15 is 0 Å². The lowest BCUT2D eigenvalue weighted by Gasteiger charge is -2.37. The van der Waals surface area contributed by atoms with Crippen molar-refractivity contribution in [2.75, 3.05) is 30.5 Å². The first kappa shape index (κ1) is 25.7. The monoisotopic (exact) mass is 477 g/mol. The minimum atomic E-state index is -4.34. The normalized spacial score (nSPS) is 19.2. The zero-order chi connectivity index (χ0) is 23.9. The fourth-order valence-electron chi connectivity index (χ4n) is 3.02. The number of H-pyrrole nitrogens is 1. The lowest BCUT2D eigenvalue weighted by atomic mass is 9.94. The molecule has 0 aromatic carbocycles. The molecule has 32 heavy (non-hydrogen) atoms.